The second-order valence-corrected chi connectivity index (χ2v) is 6.22. The van der Waals surface area contributed by atoms with Crippen LogP contribution in [0.15, 0.2) is 4.52 Å². The number of hydrogen-bond donors (Lipinski definition) is 1. The monoisotopic (exact) mass is 267 g/mol. The minimum atomic E-state index is 0.124. The third-order valence-corrected chi connectivity index (χ3v) is 3.19. The van der Waals surface area contributed by atoms with Crippen molar-refractivity contribution in [1.82, 2.24) is 15.5 Å². The molecule has 2 rings (SSSR count). The summed E-state index contributed by atoms with van der Waals surface area (Å²) in [6.07, 6.45) is 5.34. The maximum Gasteiger partial charge on any atom is 0.227 e. The summed E-state index contributed by atoms with van der Waals surface area (Å²) in [7, 11) is 0. The molecule has 1 aromatic rings. The van der Waals surface area contributed by atoms with Crippen LogP contribution in [0.5, 0.6) is 0 Å². The molecule has 1 atom stereocenters. The predicted octanol–water partition coefficient (Wildman–Crippen LogP) is 2.11. The molecule has 2 heterocycles. The molecule has 5 nitrogen and oxygen atoms in total. The first kappa shape index (κ1) is 14.5. The van der Waals surface area contributed by atoms with Gasteiger partial charge in [0.25, 0.3) is 0 Å². The van der Waals surface area contributed by atoms with Crippen LogP contribution in [-0.4, -0.2) is 34.9 Å². The molecule has 1 aromatic heterocycles. The fourth-order valence-corrected chi connectivity index (χ4v) is 2.19. The highest BCUT2D eigenvalue weighted by Gasteiger charge is 2.18. The van der Waals surface area contributed by atoms with Gasteiger partial charge in [-0.05, 0) is 40.0 Å². The van der Waals surface area contributed by atoms with E-state index in [0.717, 1.165) is 38.2 Å². The summed E-state index contributed by atoms with van der Waals surface area (Å²) in [6.45, 7) is 8.15. The van der Waals surface area contributed by atoms with Crippen molar-refractivity contribution in [3.8, 4) is 0 Å². The Kier molecular flexibility index (Phi) is 4.93. The van der Waals surface area contributed by atoms with E-state index in [1.54, 1.807) is 0 Å². The van der Waals surface area contributed by atoms with Gasteiger partial charge in [-0.15, -0.1) is 0 Å². The Morgan fingerprint density at radius 1 is 1.32 bits per heavy atom. The van der Waals surface area contributed by atoms with Crippen molar-refractivity contribution in [3.63, 3.8) is 0 Å². The molecule has 0 amide bonds. The summed E-state index contributed by atoms with van der Waals surface area (Å²) < 4.78 is 10.9. The molecule has 0 bridgehead atoms. The fraction of sp³-hybridized carbons (Fsp3) is 0.857. The van der Waals surface area contributed by atoms with Crippen molar-refractivity contribution >= 4 is 0 Å². The number of hydrogen-bond acceptors (Lipinski definition) is 5. The van der Waals surface area contributed by atoms with Crippen molar-refractivity contribution in [2.45, 2.75) is 64.5 Å². The second-order valence-electron chi connectivity index (χ2n) is 6.22. The average molecular weight is 267 g/mol. The molecule has 0 radical (unpaired) electrons. The summed E-state index contributed by atoms with van der Waals surface area (Å²) in [5.41, 5.74) is 0.124. The van der Waals surface area contributed by atoms with Gasteiger partial charge in [0.05, 0.1) is 6.10 Å². The zero-order valence-corrected chi connectivity index (χ0v) is 12.2. The third kappa shape index (κ3) is 5.28. The largest absolute Gasteiger partial charge is 0.378 e. The smallest absolute Gasteiger partial charge is 0.227 e. The molecule has 0 aliphatic carbocycles. The summed E-state index contributed by atoms with van der Waals surface area (Å²) in [6, 6.07) is 0. The predicted molar refractivity (Wildman–Crippen MR) is 73.1 cm³/mol. The lowest BCUT2D eigenvalue weighted by molar-refractivity contribution is 0.0153. The van der Waals surface area contributed by atoms with Crippen molar-refractivity contribution < 1.29 is 9.26 Å². The van der Waals surface area contributed by atoms with E-state index < -0.39 is 0 Å². The molecule has 19 heavy (non-hydrogen) atoms. The first-order chi connectivity index (χ1) is 9.03. The molecule has 108 valence electrons. The second kappa shape index (κ2) is 6.48. The summed E-state index contributed by atoms with van der Waals surface area (Å²) in [4.78, 5) is 4.43. The Morgan fingerprint density at radius 2 is 2.16 bits per heavy atom. The number of rotatable bonds is 5. The molecule has 1 aliphatic rings. The normalized spacial score (nSPS) is 20.7. The van der Waals surface area contributed by atoms with Crippen LogP contribution < -0.4 is 5.32 Å². The van der Waals surface area contributed by atoms with Gasteiger partial charge in [0.1, 0.15) is 0 Å². The zero-order valence-electron chi connectivity index (χ0n) is 12.2. The van der Waals surface area contributed by atoms with E-state index in [0.29, 0.717) is 5.89 Å². The Bertz CT molecular complexity index is 378. The molecule has 1 saturated heterocycles. The van der Waals surface area contributed by atoms with Crippen LogP contribution in [0.4, 0.5) is 0 Å². The topological polar surface area (TPSA) is 60.2 Å². The lowest BCUT2D eigenvalue weighted by Gasteiger charge is -2.20. The first-order valence-corrected chi connectivity index (χ1v) is 7.21. The molecular formula is C14H25N3O2. The average Bonchev–Trinajstić information content (AvgIpc) is 2.76. The SMILES string of the molecule is CC(C)(C)NCCc1nc(CC2CCCCO2)no1. The number of nitrogens with one attached hydrogen (secondary N) is 1. The van der Waals surface area contributed by atoms with Crippen LogP contribution in [0.3, 0.4) is 0 Å². The standard InChI is InChI=1S/C14H25N3O2/c1-14(2,3)15-8-7-13-16-12(17-19-13)10-11-6-4-5-9-18-11/h11,15H,4-10H2,1-3H3. The lowest BCUT2D eigenvalue weighted by Crippen LogP contribution is -2.37. The van der Waals surface area contributed by atoms with Gasteiger partial charge in [0.15, 0.2) is 5.82 Å². The number of ether oxygens (including phenoxy) is 1. The van der Waals surface area contributed by atoms with E-state index in [4.69, 9.17) is 9.26 Å². The third-order valence-electron chi connectivity index (χ3n) is 3.19. The van der Waals surface area contributed by atoms with Gasteiger partial charge in [-0.2, -0.15) is 4.98 Å². The highest BCUT2D eigenvalue weighted by atomic mass is 16.5. The van der Waals surface area contributed by atoms with E-state index in [9.17, 15) is 0 Å². The quantitative estimate of drug-likeness (QED) is 0.885. The molecule has 1 unspecified atom stereocenters. The summed E-state index contributed by atoms with van der Waals surface area (Å²) in [5.74, 6) is 1.49. The van der Waals surface area contributed by atoms with Gasteiger partial charge >= 0.3 is 0 Å². The minimum Gasteiger partial charge on any atom is -0.378 e. The molecular weight excluding hydrogens is 242 g/mol. The van der Waals surface area contributed by atoms with E-state index >= 15 is 0 Å². The summed E-state index contributed by atoms with van der Waals surface area (Å²) in [5, 5.41) is 7.44. The van der Waals surface area contributed by atoms with Crippen LogP contribution in [0.2, 0.25) is 0 Å². The Labute approximate surface area is 115 Å². The molecule has 0 aromatic carbocycles. The van der Waals surface area contributed by atoms with E-state index in [1.807, 2.05) is 0 Å². The zero-order chi connectivity index (χ0) is 13.7. The highest BCUT2D eigenvalue weighted by Crippen LogP contribution is 2.16. The van der Waals surface area contributed by atoms with Crippen LogP contribution >= 0.6 is 0 Å². The van der Waals surface area contributed by atoms with E-state index in [2.05, 4.69) is 36.2 Å². The maximum absolute atomic E-state index is 5.68. The summed E-state index contributed by atoms with van der Waals surface area (Å²) >= 11 is 0. The van der Waals surface area contributed by atoms with E-state index in [-0.39, 0.29) is 11.6 Å². The first-order valence-electron chi connectivity index (χ1n) is 7.21. The van der Waals surface area contributed by atoms with Crippen molar-refractivity contribution in [1.29, 1.82) is 0 Å². The fourth-order valence-electron chi connectivity index (χ4n) is 2.19. The Balaban J connectivity index is 1.75. The van der Waals surface area contributed by atoms with Gasteiger partial charge in [0, 0.05) is 31.5 Å². The van der Waals surface area contributed by atoms with Crippen molar-refractivity contribution in [3.05, 3.63) is 11.7 Å². The Hall–Kier alpha value is -0.940. The molecule has 5 heteroatoms. The van der Waals surface area contributed by atoms with Crippen LogP contribution in [0, 0.1) is 0 Å². The Morgan fingerprint density at radius 3 is 2.84 bits per heavy atom. The van der Waals surface area contributed by atoms with E-state index in [1.165, 1.54) is 12.8 Å². The van der Waals surface area contributed by atoms with Crippen LogP contribution in [0.1, 0.15) is 51.7 Å². The number of aromatic nitrogens is 2. The molecule has 1 fully saturated rings. The van der Waals surface area contributed by atoms with Crippen molar-refractivity contribution in [2.75, 3.05) is 13.2 Å². The molecule has 0 saturated carbocycles. The highest BCUT2D eigenvalue weighted by molar-refractivity contribution is 4.90. The van der Waals surface area contributed by atoms with Crippen LogP contribution in [0.25, 0.3) is 0 Å². The van der Waals surface area contributed by atoms with Gasteiger partial charge < -0.3 is 14.6 Å². The molecule has 1 aliphatic heterocycles. The lowest BCUT2D eigenvalue weighted by atomic mass is 10.1. The molecule has 1 N–H and O–H groups in total. The maximum atomic E-state index is 5.68. The van der Waals surface area contributed by atoms with Gasteiger partial charge in [-0.25, -0.2) is 0 Å². The number of nitrogens with zero attached hydrogens (tertiary/aromatic N) is 2. The van der Waals surface area contributed by atoms with Gasteiger partial charge in [-0.3, -0.25) is 0 Å². The van der Waals surface area contributed by atoms with Crippen molar-refractivity contribution in [2.24, 2.45) is 0 Å². The minimum absolute atomic E-state index is 0.124. The van der Waals surface area contributed by atoms with Crippen LogP contribution in [-0.2, 0) is 17.6 Å². The van der Waals surface area contributed by atoms with Gasteiger partial charge in [-0.1, -0.05) is 5.16 Å². The van der Waals surface area contributed by atoms with Gasteiger partial charge in [0.2, 0.25) is 5.89 Å². The molecule has 0 spiro atoms.